The average molecular weight is 350 g/mol. The van der Waals surface area contributed by atoms with Crippen LogP contribution >= 0.6 is 0 Å². The summed E-state index contributed by atoms with van der Waals surface area (Å²) in [6.45, 7) is 1.53. The minimum atomic E-state index is -0.392. The van der Waals surface area contributed by atoms with Crippen molar-refractivity contribution in [3.8, 4) is 0 Å². The maximum atomic E-state index is 12.8. The highest BCUT2D eigenvalue weighted by Crippen LogP contribution is 2.43. The predicted octanol–water partition coefficient (Wildman–Crippen LogP) is 1.11. The molecule has 1 heterocycles. The molecule has 1 aromatic rings. The molecule has 2 amide bonds. The summed E-state index contributed by atoms with van der Waals surface area (Å²) in [5.74, 6) is -0.266. The molecule has 0 bridgehead atoms. The number of carbonyl (C=O) groups is 2. The van der Waals surface area contributed by atoms with Crippen LogP contribution in [0, 0.1) is 17.7 Å². The van der Waals surface area contributed by atoms with Crippen LogP contribution in [-0.4, -0.2) is 50.8 Å². The minimum absolute atomic E-state index is 0.0766. The Morgan fingerprint density at radius 3 is 2.80 bits per heavy atom. The maximum Gasteiger partial charge on any atom is 0.251 e. The fourth-order valence-electron chi connectivity index (χ4n) is 3.69. The van der Waals surface area contributed by atoms with Gasteiger partial charge in [-0.2, -0.15) is 0 Å². The third-order valence-electron chi connectivity index (χ3n) is 4.96. The van der Waals surface area contributed by atoms with Gasteiger partial charge in [0.05, 0.1) is 12.7 Å². The van der Waals surface area contributed by atoms with Crippen LogP contribution in [0.5, 0.6) is 0 Å². The number of rotatable bonds is 7. The van der Waals surface area contributed by atoms with Gasteiger partial charge < -0.3 is 20.1 Å². The molecule has 136 valence electrons. The Bertz CT molecular complexity index is 622. The number of hydrogen-bond acceptors (Lipinski definition) is 4. The molecule has 0 spiro atoms. The molecule has 1 aromatic carbocycles. The molecule has 7 heteroatoms. The van der Waals surface area contributed by atoms with Crippen LogP contribution in [0.2, 0.25) is 0 Å². The fourth-order valence-corrected chi connectivity index (χ4v) is 3.69. The molecule has 0 unspecified atom stereocenters. The largest absolute Gasteiger partial charge is 0.384 e. The van der Waals surface area contributed by atoms with Crippen molar-refractivity contribution in [1.29, 1.82) is 0 Å². The number of methoxy groups -OCH3 is 1. The predicted molar refractivity (Wildman–Crippen MR) is 88.5 cm³/mol. The first-order valence-corrected chi connectivity index (χ1v) is 8.54. The summed E-state index contributed by atoms with van der Waals surface area (Å²) in [5, 5.41) is 5.71. The van der Waals surface area contributed by atoms with Gasteiger partial charge in [-0.1, -0.05) is 0 Å². The summed E-state index contributed by atoms with van der Waals surface area (Å²) in [5.41, 5.74) is 0.368. The summed E-state index contributed by atoms with van der Waals surface area (Å²) < 4.78 is 23.7. The lowest BCUT2D eigenvalue weighted by Gasteiger charge is -2.47. The highest BCUT2D eigenvalue weighted by atomic mass is 19.1. The van der Waals surface area contributed by atoms with E-state index in [1.807, 2.05) is 0 Å². The Morgan fingerprint density at radius 2 is 2.08 bits per heavy atom. The van der Waals surface area contributed by atoms with Gasteiger partial charge in [0, 0.05) is 50.1 Å². The van der Waals surface area contributed by atoms with E-state index in [1.54, 1.807) is 7.11 Å². The van der Waals surface area contributed by atoms with E-state index in [2.05, 4.69) is 10.6 Å². The molecule has 1 saturated carbocycles. The van der Waals surface area contributed by atoms with Gasteiger partial charge in [0.1, 0.15) is 5.82 Å². The second-order valence-corrected chi connectivity index (χ2v) is 6.51. The molecule has 2 fully saturated rings. The monoisotopic (exact) mass is 350 g/mol. The summed E-state index contributed by atoms with van der Waals surface area (Å²) in [7, 11) is 1.64. The van der Waals surface area contributed by atoms with E-state index in [0.29, 0.717) is 18.1 Å². The van der Waals surface area contributed by atoms with Gasteiger partial charge in [-0.3, -0.25) is 9.59 Å². The first-order valence-electron chi connectivity index (χ1n) is 8.54. The summed E-state index contributed by atoms with van der Waals surface area (Å²) in [6.07, 6.45) is 1.34. The van der Waals surface area contributed by atoms with E-state index < -0.39 is 5.82 Å². The molecule has 0 radical (unpaired) electrons. The van der Waals surface area contributed by atoms with Crippen molar-refractivity contribution in [3.63, 3.8) is 0 Å². The summed E-state index contributed by atoms with van der Waals surface area (Å²) in [6, 6.07) is 5.36. The number of nitrogens with one attached hydrogen (secondary N) is 2. The van der Waals surface area contributed by atoms with Crippen LogP contribution in [0.4, 0.5) is 4.39 Å². The number of fused-ring (bicyclic) bond motifs is 1. The molecule has 2 N–H and O–H groups in total. The van der Waals surface area contributed by atoms with Crippen LogP contribution < -0.4 is 10.6 Å². The SMILES string of the molecule is COC[C@@H]1[C@@H](NC(=O)CCNC(=O)c2ccc(F)cc2)[C@@H]2CCO[C@H]12. The number of hydrogen-bond donors (Lipinski definition) is 2. The first kappa shape index (κ1) is 17.8. The van der Waals surface area contributed by atoms with E-state index in [9.17, 15) is 14.0 Å². The van der Waals surface area contributed by atoms with Crippen molar-refractivity contribution >= 4 is 11.8 Å². The quantitative estimate of drug-likeness (QED) is 0.772. The lowest BCUT2D eigenvalue weighted by molar-refractivity contribution is -0.129. The molecular formula is C18H23FN2O4. The van der Waals surface area contributed by atoms with Crippen LogP contribution in [0.3, 0.4) is 0 Å². The lowest BCUT2D eigenvalue weighted by atomic mass is 9.67. The zero-order valence-corrected chi connectivity index (χ0v) is 14.2. The molecule has 1 saturated heterocycles. The number of carbonyl (C=O) groups excluding carboxylic acids is 2. The zero-order valence-electron chi connectivity index (χ0n) is 14.2. The zero-order chi connectivity index (χ0) is 17.8. The van der Waals surface area contributed by atoms with Gasteiger partial charge >= 0.3 is 0 Å². The van der Waals surface area contributed by atoms with Gasteiger partial charge in [-0.15, -0.1) is 0 Å². The molecule has 6 nitrogen and oxygen atoms in total. The second kappa shape index (κ2) is 7.93. The number of halogens is 1. The summed E-state index contributed by atoms with van der Waals surface area (Å²) >= 11 is 0. The molecule has 1 aliphatic carbocycles. The fraction of sp³-hybridized carbons (Fsp3) is 0.556. The Balaban J connectivity index is 1.42. The Kier molecular flexibility index (Phi) is 5.65. The van der Waals surface area contributed by atoms with E-state index in [1.165, 1.54) is 24.3 Å². The van der Waals surface area contributed by atoms with Crippen molar-refractivity contribution in [2.24, 2.45) is 11.8 Å². The highest BCUT2D eigenvalue weighted by molar-refractivity contribution is 5.94. The molecule has 1 aliphatic heterocycles. The van der Waals surface area contributed by atoms with Crippen molar-refractivity contribution in [2.75, 3.05) is 26.9 Å². The van der Waals surface area contributed by atoms with Crippen LogP contribution in [0.25, 0.3) is 0 Å². The molecule has 25 heavy (non-hydrogen) atoms. The highest BCUT2D eigenvalue weighted by Gasteiger charge is 2.54. The number of benzene rings is 1. The van der Waals surface area contributed by atoms with E-state index >= 15 is 0 Å². The van der Waals surface area contributed by atoms with Gasteiger partial charge in [-0.05, 0) is 30.7 Å². The lowest BCUT2D eigenvalue weighted by Crippen LogP contribution is -2.62. The molecule has 3 rings (SSSR count). The normalized spacial score (nSPS) is 27.3. The van der Waals surface area contributed by atoms with Gasteiger partial charge in [0.25, 0.3) is 5.91 Å². The average Bonchev–Trinajstić information content (AvgIpc) is 3.02. The smallest absolute Gasteiger partial charge is 0.251 e. The van der Waals surface area contributed by atoms with E-state index in [-0.39, 0.29) is 42.8 Å². The van der Waals surface area contributed by atoms with E-state index in [4.69, 9.17) is 9.47 Å². The van der Waals surface area contributed by atoms with Crippen LogP contribution in [-0.2, 0) is 14.3 Å². The Hall–Kier alpha value is -1.99. The third-order valence-corrected chi connectivity index (χ3v) is 4.96. The number of amides is 2. The van der Waals surface area contributed by atoms with E-state index in [0.717, 1.165) is 13.0 Å². The third kappa shape index (κ3) is 3.99. The van der Waals surface area contributed by atoms with Crippen molar-refractivity contribution in [2.45, 2.75) is 25.0 Å². The van der Waals surface area contributed by atoms with Crippen molar-refractivity contribution in [1.82, 2.24) is 10.6 Å². The van der Waals surface area contributed by atoms with Crippen molar-refractivity contribution < 1.29 is 23.5 Å². The molecule has 2 aliphatic rings. The second-order valence-electron chi connectivity index (χ2n) is 6.51. The molecule has 0 aromatic heterocycles. The molecular weight excluding hydrogens is 327 g/mol. The van der Waals surface area contributed by atoms with Crippen molar-refractivity contribution in [3.05, 3.63) is 35.6 Å². The summed E-state index contributed by atoms with van der Waals surface area (Å²) in [4.78, 5) is 24.1. The van der Waals surface area contributed by atoms with Crippen LogP contribution in [0.15, 0.2) is 24.3 Å². The standard InChI is InChI=1S/C18H23FN2O4/c1-24-10-14-16(13-7-9-25-17(13)14)21-15(22)6-8-20-18(23)11-2-4-12(19)5-3-11/h2-5,13-14,16-17H,6-10H2,1H3,(H,20,23)(H,21,22)/t13-,14+,16-,17-/m0/s1. The topological polar surface area (TPSA) is 76.7 Å². The van der Waals surface area contributed by atoms with Gasteiger partial charge in [-0.25, -0.2) is 4.39 Å². The maximum absolute atomic E-state index is 12.8. The molecule has 4 atom stereocenters. The van der Waals surface area contributed by atoms with Gasteiger partial charge in [0.2, 0.25) is 5.91 Å². The first-order chi connectivity index (χ1) is 12.1. The van der Waals surface area contributed by atoms with Gasteiger partial charge in [0.15, 0.2) is 0 Å². The Morgan fingerprint density at radius 1 is 1.32 bits per heavy atom. The van der Waals surface area contributed by atoms with Crippen LogP contribution in [0.1, 0.15) is 23.2 Å². The Labute approximate surface area is 146 Å². The minimum Gasteiger partial charge on any atom is -0.384 e. The number of ether oxygens (including phenoxy) is 2.